The van der Waals surface area contributed by atoms with Crippen molar-refractivity contribution in [3.05, 3.63) is 59.8 Å². The van der Waals surface area contributed by atoms with Crippen LogP contribution in [0, 0.1) is 0 Å². The topological polar surface area (TPSA) is 125 Å². The van der Waals surface area contributed by atoms with Gasteiger partial charge in [0.2, 0.25) is 0 Å². The maximum Gasteiger partial charge on any atom is 0.340 e. The van der Waals surface area contributed by atoms with Crippen molar-refractivity contribution in [3.8, 4) is 0 Å². The summed E-state index contributed by atoms with van der Waals surface area (Å²) in [7, 11) is 0. The molecule has 2 aromatic rings. The van der Waals surface area contributed by atoms with Gasteiger partial charge in [0.1, 0.15) is 12.6 Å². The Hall–Kier alpha value is -3.10. The third kappa shape index (κ3) is 10.5. The van der Waals surface area contributed by atoms with E-state index in [-0.39, 0.29) is 5.69 Å². The first kappa shape index (κ1) is 16.0. The van der Waals surface area contributed by atoms with E-state index in [9.17, 15) is 4.79 Å². The molecule has 0 aliphatic carbocycles. The summed E-state index contributed by atoms with van der Waals surface area (Å²) in [5.74, 6) is 0. The van der Waals surface area contributed by atoms with Gasteiger partial charge in [-0.25, -0.2) is 9.89 Å². The van der Waals surface area contributed by atoms with Gasteiger partial charge >= 0.3 is 5.69 Å². The van der Waals surface area contributed by atoms with E-state index in [2.05, 4.69) is 40.1 Å². The lowest BCUT2D eigenvalue weighted by Gasteiger charge is -1.60. The molecule has 0 amide bonds. The summed E-state index contributed by atoms with van der Waals surface area (Å²) in [6, 6.07) is 1.72. The molecule has 0 bridgehead atoms. The maximum atomic E-state index is 9.90. The van der Waals surface area contributed by atoms with Gasteiger partial charge in [0, 0.05) is 12.4 Å². The molecule has 0 spiro atoms. The highest BCUT2D eigenvalue weighted by Crippen LogP contribution is 1.86. The van der Waals surface area contributed by atoms with Crippen molar-refractivity contribution in [2.24, 2.45) is 15.2 Å². The van der Waals surface area contributed by atoms with Crippen LogP contribution in [-0.4, -0.2) is 39.6 Å². The van der Waals surface area contributed by atoms with E-state index in [4.69, 9.17) is 0 Å². The molecule has 21 heavy (non-hydrogen) atoms. The molecule has 0 radical (unpaired) electrons. The summed E-state index contributed by atoms with van der Waals surface area (Å²) in [5.41, 5.74) is -0.269. The van der Waals surface area contributed by atoms with Gasteiger partial charge in [0.05, 0.1) is 19.3 Å². The van der Waals surface area contributed by atoms with E-state index in [0.717, 1.165) is 13.1 Å². The molecule has 0 aromatic carbocycles. The van der Waals surface area contributed by atoms with Crippen LogP contribution in [0.1, 0.15) is 0 Å². The normalized spacial score (nSPS) is 12.8. The number of aliphatic imine (C=N–C) groups is 1. The van der Waals surface area contributed by atoms with E-state index in [1.54, 1.807) is 24.7 Å². The third-order valence-electron chi connectivity index (χ3n) is 1.75. The fourth-order valence-electron chi connectivity index (χ4n) is 0.930. The highest BCUT2D eigenvalue weighted by Gasteiger charge is 1.74. The first-order valence-corrected chi connectivity index (χ1v) is 5.98. The lowest BCUT2D eigenvalue weighted by molar-refractivity contribution is 0.420. The Morgan fingerprint density at radius 2 is 2.19 bits per heavy atom. The number of aromatic amines is 2. The monoisotopic (exact) mass is 289 g/mol. The van der Waals surface area contributed by atoms with Gasteiger partial charge in [-0.3, -0.25) is 9.98 Å². The second kappa shape index (κ2) is 12.0. The Balaban J connectivity index is 0.000000140. The van der Waals surface area contributed by atoms with Gasteiger partial charge in [-0.1, -0.05) is 11.2 Å². The van der Waals surface area contributed by atoms with Crippen LogP contribution in [-0.2, 0) is 0 Å². The van der Waals surface area contributed by atoms with Gasteiger partial charge in [-0.15, -0.1) is 0 Å². The first-order valence-electron chi connectivity index (χ1n) is 5.98. The van der Waals surface area contributed by atoms with Crippen molar-refractivity contribution < 1.29 is 4.52 Å². The number of hydrogen-bond acceptors (Lipinski definition) is 7. The number of aromatic nitrogens is 4. The summed E-state index contributed by atoms with van der Waals surface area (Å²) < 4.78 is 4.33. The Morgan fingerprint density at radius 3 is 2.38 bits per heavy atom. The SMILES string of the molecule is C1=CCN=C1.C1=CN=NC1.O=c1[nH]cn[nH]1.c1cnoc1. The molecule has 2 aromatic heterocycles. The number of azo groups is 1. The molecule has 4 heterocycles. The molecule has 0 saturated heterocycles. The van der Waals surface area contributed by atoms with E-state index < -0.39 is 0 Å². The smallest absolute Gasteiger partial charge is 0.340 e. The summed E-state index contributed by atoms with van der Waals surface area (Å²) in [6.45, 7) is 1.67. The molecule has 9 nitrogen and oxygen atoms in total. The van der Waals surface area contributed by atoms with Gasteiger partial charge < -0.3 is 4.52 Å². The fraction of sp³-hybridized carbons (Fsp3) is 0.167. The number of H-pyrrole nitrogens is 2. The van der Waals surface area contributed by atoms with Crippen LogP contribution in [0.3, 0.4) is 0 Å². The lowest BCUT2D eigenvalue weighted by atomic mass is 10.6. The molecule has 2 N–H and O–H groups in total. The Labute approximate surface area is 120 Å². The zero-order valence-electron chi connectivity index (χ0n) is 11.2. The summed E-state index contributed by atoms with van der Waals surface area (Å²) in [5, 5.41) is 15.9. The summed E-state index contributed by atoms with van der Waals surface area (Å²) in [4.78, 5) is 16.0. The van der Waals surface area contributed by atoms with E-state index >= 15 is 0 Å². The molecule has 110 valence electrons. The summed E-state index contributed by atoms with van der Waals surface area (Å²) in [6.07, 6.45) is 13.8. The number of nitrogens with zero attached hydrogens (tertiary/aromatic N) is 5. The zero-order valence-corrected chi connectivity index (χ0v) is 11.2. The zero-order chi connectivity index (χ0) is 15.0. The third-order valence-corrected chi connectivity index (χ3v) is 1.75. The number of rotatable bonds is 0. The fourth-order valence-corrected chi connectivity index (χ4v) is 0.930. The Morgan fingerprint density at radius 1 is 1.24 bits per heavy atom. The van der Waals surface area contributed by atoms with Crippen LogP contribution < -0.4 is 5.69 Å². The van der Waals surface area contributed by atoms with Crippen LogP contribution in [0.15, 0.2) is 73.8 Å². The predicted octanol–water partition coefficient (Wildman–Crippen LogP) is 1.37. The van der Waals surface area contributed by atoms with E-state index in [0.29, 0.717) is 0 Å². The molecule has 4 rings (SSSR count). The van der Waals surface area contributed by atoms with Gasteiger partial charge in [-0.2, -0.15) is 15.3 Å². The molecule has 0 saturated carbocycles. The molecule has 2 aliphatic heterocycles. The second-order valence-electron chi connectivity index (χ2n) is 3.30. The summed E-state index contributed by atoms with van der Waals surface area (Å²) >= 11 is 0. The van der Waals surface area contributed by atoms with Gasteiger partial charge in [-0.05, 0) is 18.2 Å². The van der Waals surface area contributed by atoms with Crippen molar-refractivity contribution in [2.45, 2.75) is 0 Å². The Kier molecular flexibility index (Phi) is 9.09. The van der Waals surface area contributed by atoms with Crippen molar-refractivity contribution in [3.63, 3.8) is 0 Å². The van der Waals surface area contributed by atoms with Crippen molar-refractivity contribution in [1.82, 2.24) is 20.3 Å². The van der Waals surface area contributed by atoms with Crippen LogP contribution in [0.4, 0.5) is 0 Å². The van der Waals surface area contributed by atoms with Crippen LogP contribution in [0.25, 0.3) is 0 Å². The van der Waals surface area contributed by atoms with Crippen LogP contribution in [0.2, 0.25) is 0 Å². The molecule has 0 unspecified atom stereocenters. The first-order chi connectivity index (χ1) is 10.4. The Bertz CT molecular complexity index is 532. The van der Waals surface area contributed by atoms with Gasteiger partial charge in [0.15, 0.2) is 0 Å². The van der Waals surface area contributed by atoms with Crippen LogP contribution in [0.5, 0.6) is 0 Å². The minimum absolute atomic E-state index is 0.269. The molecular formula is C12H15N7O2. The molecule has 0 fully saturated rings. The molecule has 0 atom stereocenters. The standard InChI is InChI=1S/C4H5N.C3H4N2.C3H3NO.C2H3N3O/c3*1-2-4-5-3-1;6-2-3-1-4-5-2/h1-3H,4H2;1-2H,3H2;1-3H;1H,(H2,3,4,5,6). The van der Waals surface area contributed by atoms with E-state index in [1.807, 2.05) is 18.2 Å². The number of nitrogens with one attached hydrogen (secondary N) is 2. The van der Waals surface area contributed by atoms with Crippen molar-refractivity contribution in [2.75, 3.05) is 13.1 Å². The largest absolute Gasteiger partial charge is 0.365 e. The van der Waals surface area contributed by atoms with Crippen LogP contribution >= 0.6 is 0 Å². The minimum atomic E-state index is -0.269. The van der Waals surface area contributed by atoms with Crippen molar-refractivity contribution in [1.29, 1.82) is 0 Å². The maximum absolute atomic E-state index is 9.90. The highest BCUT2D eigenvalue weighted by atomic mass is 16.5. The quantitative estimate of drug-likeness (QED) is 0.759. The van der Waals surface area contributed by atoms with E-state index in [1.165, 1.54) is 12.6 Å². The number of hydrogen-bond donors (Lipinski definition) is 2. The average molecular weight is 289 g/mol. The highest BCUT2D eigenvalue weighted by molar-refractivity contribution is 5.73. The van der Waals surface area contributed by atoms with Gasteiger partial charge in [0.25, 0.3) is 0 Å². The molecule has 2 aliphatic rings. The average Bonchev–Trinajstić information content (AvgIpc) is 3.28. The molecule has 9 heteroatoms. The molecular weight excluding hydrogens is 274 g/mol. The van der Waals surface area contributed by atoms with Crippen molar-refractivity contribution >= 4 is 6.21 Å². The minimum Gasteiger partial charge on any atom is -0.365 e. The predicted molar refractivity (Wildman–Crippen MR) is 77.1 cm³/mol. The lowest BCUT2D eigenvalue weighted by Crippen LogP contribution is -1.99. The second-order valence-corrected chi connectivity index (χ2v) is 3.30. The number of allylic oxidation sites excluding steroid dienone is 1.